The van der Waals surface area contributed by atoms with Crippen LogP contribution in [0.2, 0.25) is 0 Å². The van der Waals surface area contributed by atoms with Crippen molar-refractivity contribution in [2.45, 2.75) is 33.4 Å². The molecule has 21 heavy (non-hydrogen) atoms. The van der Waals surface area contributed by atoms with Crippen LogP contribution < -0.4 is 10.2 Å². The number of nitrogens with zero attached hydrogens (tertiary/aromatic N) is 1. The van der Waals surface area contributed by atoms with E-state index in [0.717, 1.165) is 26.1 Å². The molecule has 2 aromatic rings. The third kappa shape index (κ3) is 4.61. The van der Waals surface area contributed by atoms with Gasteiger partial charge >= 0.3 is 0 Å². The first kappa shape index (κ1) is 15.6. The Labute approximate surface area is 128 Å². The van der Waals surface area contributed by atoms with Crippen molar-refractivity contribution in [3.05, 3.63) is 65.2 Å². The Morgan fingerprint density at radius 1 is 0.810 bits per heavy atom. The van der Waals surface area contributed by atoms with Crippen molar-refractivity contribution in [1.82, 2.24) is 5.32 Å². The molecule has 0 saturated carbocycles. The van der Waals surface area contributed by atoms with E-state index in [0.29, 0.717) is 0 Å². The van der Waals surface area contributed by atoms with Gasteiger partial charge < -0.3 is 10.2 Å². The fourth-order valence-electron chi connectivity index (χ4n) is 2.38. The van der Waals surface area contributed by atoms with Crippen LogP contribution in [-0.4, -0.2) is 13.6 Å². The number of anilines is 1. The lowest BCUT2D eigenvalue weighted by atomic mass is 10.1. The molecular formula is C19H26N2. The molecule has 112 valence electrons. The zero-order valence-electron chi connectivity index (χ0n) is 13.4. The molecule has 1 N–H and O–H groups in total. The van der Waals surface area contributed by atoms with Crippen LogP contribution in [0.1, 0.15) is 30.5 Å². The number of hydrogen-bond donors (Lipinski definition) is 1. The molecule has 0 fully saturated rings. The van der Waals surface area contributed by atoms with Gasteiger partial charge in [0.25, 0.3) is 0 Å². The number of aryl methyl sites for hydroxylation is 1. The molecule has 2 aromatic carbocycles. The summed E-state index contributed by atoms with van der Waals surface area (Å²) in [5.74, 6) is 0. The molecule has 2 nitrogen and oxygen atoms in total. The van der Waals surface area contributed by atoms with Crippen LogP contribution in [0.4, 0.5) is 5.69 Å². The van der Waals surface area contributed by atoms with Crippen molar-refractivity contribution < 1.29 is 0 Å². The summed E-state index contributed by atoms with van der Waals surface area (Å²) in [7, 11) is 2.15. The van der Waals surface area contributed by atoms with Crippen LogP contribution in [0.5, 0.6) is 0 Å². The topological polar surface area (TPSA) is 15.3 Å². The van der Waals surface area contributed by atoms with Gasteiger partial charge in [0.15, 0.2) is 0 Å². The number of rotatable bonds is 7. The van der Waals surface area contributed by atoms with Gasteiger partial charge in [-0.3, -0.25) is 0 Å². The first-order valence-electron chi connectivity index (χ1n) is 7.81. The fourth-order valence-corrected chi connectivity index (χ4v) is 2.38. The highest BCUT2D eigenvalue weighted by Gasteiger charge is 2.02. The second kappa shape index (κ2) is 7.84. The maximum atomic E-state index is 3.35. The normalized spacial score (nSPS) is 10.6. The van der Waals surface area contributed by atoms with Crippen molar-refractivity contribution in [1.29, 1.82) is 0 Å². The molecule has 0 spiro atoms. The Balaban J connectivity index is 1.96. The van der Waals surface area contributed by atoms with Gasteiger partial charge in [0.1, 0.15) is 0 Å². The number of hydrogen-bond acceptors (Lipinski definition) is 2. The molecule has 0 radical (unpaired) electrons. The minimum absolute atomic E-state index is 0.937. The van der Waals surface area contributed by atoms with Crippen LogP contribution in [0.3, 0.4) is 0 Å². The van der Waals surface area contributed by atoms with E-state index in [-0.39, 0.29) is 0 Å². The molecule has 0 aromatic heterocycles. The summed E-state index contributed by atoms with van der Waals surface area (Å²) in [5.41, 5.74) is 5.34. The second-order valence-electron chi connectivity index (χ2n) is 5.47. The predicted octanol–water partition coefficient (Wildman–Crippen LogP) is 3.99. The third-order valence-corrected chi connectivity index (χ3v) is 3.81. The Morgan fingerprint density at radius 2 is 1.38 bits per heavy atom. The Kier molecular flexibility index (Phi) is 5.82. The van der Waals surface area contributed by atoms with Gasteiger partial charge in [-0.05, 0) is 41.8 Å². The van der Waals surface area contributed by atoms with Gasteiger partial charge in [0, 0.05) is 25.8 Å². The lowest BCUT2D eigenvalue weighted by Gasteiger charge is -2.20. The van der Waals surface area contributed by atoms with E-state index in [1.807, 2.05) is 0 Å². The largest absolute Gasteiger partial charge is 0.370 e. The zero-order chi connectivity index (χ0) is 15.1. The average Bonchev–Trinajstić information content (AvgIpc) is 2.54. The van der Waals surface area contributed by atoms with E-state index < -0.39 is 0 Å². The van der Waals surface area contributed by atoms with Gasteiger partial charge in [-0.25, -0.2) is 0 Å². The van der Waals surface area contributed by atoms with Crippen LogP contribution >= 0.6 is 0 Å². The molecular weight excluding hydrogens is 256 g/mol. The van der Waals surface area contributed by atoms with Gasteiger partial charge in [0.2, 0.25) is 0 Å². The molecule has 0 amide bonds. The van der Waals surface area contributed by atoms with E-state index in [9.17, 15) is 0 Å². The van der Waals surface area contributed by atoms with Crippen LogP contribution in [0.15, 0.2) is 48.5 Å². The van der Waals surface area contributed by atoms with E-state index in [2.05, 4.69) is 79.6 Å². The molecule has 2 heteroatoms. The SMILES string of the molecule is CCNCc1ccc(CN(C)c2ccc(CC)cc2)cc1. The summed E-state index contributed by atoms with van der Waals surface area (Å²) in [6, 6.07) is 17.7. The number of nitrogens with one attached hydrogen (secondary N) is 1. The molecule has 0 aliphatic heterocycles. The molecule has 0 aliphatic rings. The first-order chi connectivity index (χ1) is 10.2. The summed E-state index contributed by atoms with van der Waals surface area (Å²) in [6.45, 7) is 7.22. The lowest BCUT2D eigenvalue weighted by molar-refractivity contribution is 0.726. The Morgan fingerprint density at radius 3 is 1.95 bits per heavy atom. The maximum absolute atomic E-state index is 3.35. The summed E-state index contributed by atoms with van der Waals surface area (Å²) in [4.78, 5) is 2.29. The molecule has 2 rings (SSSR count). The molecule has 0 aliphatic carbocycles. The fraction of sp³-hybridized carbons (Fsp3) is 0.368. The Bertz CT molecular complexity index is 528. The Hall–Kier alpha value is -1.80. The quantitative estimate of drug-likeness (QED) is 0.826. The smallest absolute Gasteiger partial charge is 0.0426 e. The van der Waals surface area contributed by atoms with Crippen LogP contribution in [-0.2, 0) is 19.5 Å². The maximum Gasteiger partial charge on any atom is 0.0426 e. The summed E-state index contributed by atoms with van der Waals surface area (Å²) in [5, 5.41) is 3.35. The molecule has 0 unspecified atom stereocenters. The van der Waals surface area contributed by atoms with Crippen molar-refractivity contribution in [2.75, 3.05) is 18.5 Å². The highest BCUT2D eigenvalue weighted by Crippen LogP contribution is 2.17. The standard InChI is InChI=1S/C19H26N2/c1-4-16-10-12-19(13-11-16)21(3)15-18-8-6-17(7-9-18)14-20-5-2/h6-13,20H,4-5,14-15H2,1-3H3. The summed E-state index contributed by atoms with van der Waals surface area (Å²) >= 11 is 0. The highest BCUT2D eigenvalue weighted by molar-refractivity contribution is 5.47. The van der Waals surface area contributed by atoms with Gasteiger partial charge in [-0.1, -0.05) is 50.2 Å². The zero-order valence-corrected chi connectivity index (χ0v) is 13.4. The third-order valence-electron chi connectivity index (χ3n) is 3.81. The van der Waals surface area contributed by atoms with Crippen molar-refractivity contribution >= 4 is 5.69 Å². The van der Waals surface area contributed by atoms with Crippen molar-refractivity contribution in [3.63, 3.8) is 0 Å². The molecule has 0 atom stereocenters. The first-order valence-corrected chi connectivity index (χ1v) is 7.81. The van der Waals surface area contributed by atoms with Crippen LogP contribution in [0, 0.1) is 0 Å². The molecule has 0 bridgehead atoms. The van der Waals surface area contributed by atoms with E-state index in [4.69, 9.17) is 0 Å². The predicted molar refractivity (Wildman–Crippen MR) is 91.7 cm³/mol. The van der Waals surface area contributed by atoms with E-state index in [1.165, 1.54) is 22.4 Å². The highest BCUT2D eigenvalue weighted by atomic mass is 15.1. The lowest BCUT2D eigenvalue weighted by Crippen LogP contribution is -2.16. The van der Waals surface area contributed by atoms with Gasteiger partial charge in [0.05, 0.1) is 0 Å². The second-order valence-corrected chi connectivity index (χ2v) is 5.47. The van der Waals surface area contributed by atoms with E-state index in [1.54, 1.807) is 0 Å². The van der Waals surface area contributed by atoms with Crippen molar-refractivity contribution in [2.24, 2.45) is 0 Å². The summed E-state index contributed by atoms with van der Waals surface area (Å²) in [6.07, 6.45) is 1.09. The monoisotopic (exact) mass is 282 g/mol. The average molecular weight is 282 g/mol. The molecule has 0 heterocycles. The van der Waals surface area contributed by atoms with E-state index >= 15 is 0 Å². The molecule has 0 saturated heterocycles. The van der Waals surface area contributed by atoms with Crippen LogP contribution in [0.25, 0.3) is 0 Å². The minimum atomic E-state index is 0.937. The minimum Gasteiger partial charge on any atom is -0.370 e. The van der Waals surface area contributed by atoms with Crippen molar-refractivity contribution in [3.8, 4) is 0 Å². The van der Waals surface area contributed by atoms with Gasteiger partial charge in [-0.2, -0.15) is 0 Å². The summed E-state index contributed by atoms with van der Waals surface area (Å²) < 4.78 is 0. The number of benzene rings is 2. The van der Waals surface area contributed by atoms with Gasteiger partial charge in [-0.15, -0.1) is 0 Å².